The van der Waals surface area contributed by atoms with Crippen molar-refractivity contribution >= 4 is 11.8 Å². The first-order valence-electron chi connectivity index (χ1n) is 9.69. The van der Waals surface area contributed by atoms with Crippen LogP contribution in [0.2, 0.25) is 0 Å². The lowest BCUT2D eigenvalue weighted by molar-refractivity contribution is -0.136. The number of Topliss-reactive ketones (excluding diaryl/α,β-unsaturated/α-hetero) is 1. The van der Waals surface area contributed by atoms with Gasteiger partial charge in [0.1, 0.15) is 5.78 Å². The minimum absolute atomic E-state index is 0.0371. The number of carbonyl (C=O) groups excluding carboxylic acids is 1. The molecule has 0 aliphatic heterocycles. The number of rotatable bonds is 12. The van der Waals surface area contributed by atoms with Crippen molar-refractivity contribution in [2.75, 3.05) is 0 Å². The van der Waals surface area contributed by atoms with Gasteiger partial charge in [-0.1, -0.05) is 55.5 Å². The summed E-state index contributed by atoms with van der Waals surface area (Å²) < 4.78 is 0. The number of aliphatic carboxylic acids is 1. The van der Waals surface area contributed by atoms with Crippen LogP contribution in [-0.2, 0) is 9.59 Å². The second kappa shape index (κ2) is 13.2. The quantitative estimate of drug-likeness (QED) is 0.453. The third-order valence-electron chi connectivity index (χ3n) is 4.67. The second-order valence-corrected chi connectivity index (χ2v) is 6.84. The normalized spacial score (nSPS) is 24.9. The fourth-order valence-electron chi connectivity index (χ4n) is 3.03. The molecule has 3 N–H and O–H groups in total. The SMILES string of the molecule is CC[C@@H](O)/C=C/[C@H]1C(=O)C[C@@H](O)[C@H]1C/C=C\C/C=C\C/C=C\CCC(=O)O. The number of carboxylic acids is 1. The fourth-order valence-corrected chi connectivity index (χ4v) is 3.03. The molecule has 27 heavy (non-hydrogen) atoms. The molecule has 1 fully saturated rings. The van der Waals surface area contributed by atoms with E-state index in [1.54, 1.807) is 12.2 Å². The lowest BCUT2D eigenvalue weighted by atomic mass is 9.90. The van der Waals surface area contributed by atoms with Gasteiger partial charge in [-0.2, -0.15) is 0 Å². The summed E-state index contributed by atoms with van der Waals surface area (Å²) in [6.45, 7) is 1.87. The molecule has 0 bridgehead atoms. The summed E-state index contributed by atoms with van der Waals surface area (Å²) in [5.41, 5.74) is 0. The average Bonchev–Trinajstić information content (AvgIpc) is 2.90. The van der Waals surface area contributed by atoms with Crippen molar-refractivity contribution in [2.45, 2.75) is 64.1 Å². The Kier molecular flexibility index (Phi) is 11.3. The third kappa shape index (κ3) is 9.50. The van der Waals surface area contributed by atoms with Gasteiger partial charge in [0.05, 0.1) is 12.2 Å². The van der Waals surface area contributed by atoms with Gasteiger partial charge in [0.25, 0.3) is 0 Å². The largest absolute Gasteiger partial charge is 0.481 e. The molecule has 0 spiro atoms. The molecule has 1 aliphatic rings. The molecule has 0 aromatic heterocycles. The fraction of sp³-hybridized carbons (Fsp3) is 0.545. The van der Waals surface area contributed by atoms with Crippen molar-refractivity contribution in [3.63, 3.8) is 0 Å². The molecule has 5 nitrogen and oxygen atoms in total. The van der Waals surface area contributed by atoms with Crippen LogP contribution in [0.5, 0.6) is 0 Å². The van der Waals surface area contributed by atoms with Gasteiger partial charge in [0, 0.05) is 24.7 Å². The van der Waals surface area contributed by atoms with E-state index in [-0.39, 0.29) is 30.5 Å². The molecule has 0 saturated heterocycles. The summed E-state index contributed by atoms with van der Waals surface area (Å²) >= 11 is 0. The van der Waals surface area contributed by atoms with Gasteiger partial charge >= 0.3 is 5.97 Å². The van der Waals surface area contributed by atoms with E-state index in [4.69, 9.17) is 5.11 Å². The number of hydrogen-bond acceptors (Lipinski definition) is 4. The van der Waals surface area contributed by atoms with E-state index in [0.29, 0.717) is 19.3 Å². The van der Waals surface area contributed by atoms with Gasteiger partial charge in [-0.05, 0) is 32.1 Å². The number of aliphatic hydroxyl groups excluding tert-OH is 2. The number of allylic oxidation sites excluding steroid dienone is 7. The minimum atomic E-state index is -0.784. The van der Waals surface area contributed by atoms with E-state index in [1.165, 1.54) is 0 Å². The van der Waals surface area contributed by atoms with Crippen molar-refractivity contribution in [3.05, 3.63) is 48.6 Å². The molecule has 0 amide bonds. The molecule has 4 atom stereocenters. The van der Waals surface area contributed by atoms with Gasteiger partial charge < -0.3 is 15.3 Å². The van der Waals surface area contributed by atoms with E-state index in [9.17, 15) is 19.8 Å². The molecule has 150 valence electrons. The molecule has 0 heterocycles. The standard InChI is InChI=1S/C22H32O5/c1-2-17(23)14-15-19-18(20(24)16-21(19)25)12-10-8-6-4-3-5-7-9-11-13-22(26)27/h3-4,7-10,14-15,17-20,23-24H,2,5-6,11-13,16H2,1H3,(H,26,27)/b4-3-,9-7-,10-8-,15-14+/t17-,18+,19-,20-/m1/s1. The van der Waals surface area contributed by atoms with E-state index >= 15 is 0 Å². The maximum absolute atomic E-state index is 12.0. The highest BCUT2D eigenvalue weighted by Gasteiger charge is 2.39. The van der Waals surface area contributed by atoms with Crippen LogP contribution in [0.4, 0.5) is 0 Å². The summed E-state index contributed by atoms with van der Waals surface area (Å²) in [6, 6.07) is 0. The van der Waals surface area contributed by atoms with Crippen molar-refractivity contribution in [1.29, 1.82) is 0 Å². The van der Waals surface area contributed by atoms with Crippen LogP contribution in [0, 0.1) is 11.8 Å². The van der Waals surface area contributed by atoms with Crippen LogP contribution in [0.3, 0.4) is 0 Å². The Bertz CT molecular complexity index is 573. The molecular weight excluding hydrogens is 344 g/mol. The molecule has 0 aromatic carbocycles. The Balaban J connectivity index is 2.35. The summed E-state index contributed by atoms with van der Waals surface area (Å²) in [4.78, 5) is 22.4. The smallest absolute Gasteiger partial charge is 0.303 e. The summed E-state index contributed by atoms with van der Waals surface area (Å²) in [5.74, 6) is -1.20. The van der Waals surface area contributed by atoms with Gasteiger partial charge in [0.15, 0.2) is 0 Å². The summed E-state index contributed by atoms with van der Waals surface area (Å²) in [7, 11) is 0. The second-order valence-electron chi connectivity index (χ2n) is 6.84. The van der Waals surface area contributed by atoms with Gasteiger partial charge in [-0.15, -0.1) is 0 Å². The van der Waals surface area contributed by atoms with E-state index in [0.717, 1.165) is 12.8 Å². The van der Waals surface area contributed by atoms with Crippen LogP contribution in [0.25, 0.3) is 0 Å². The first-order chi connectivity index (χ1) is 13.0. The highest BCUT2D eigenvalue weighted by molar-refractivity contribution is 5.86. The molecule has 0 radical (unpaired) electrons. The Hall–Kier alpha value is -1.98. The molecule has 5 heteroatoms. The number of carboxylic acid groups (broad SMARTS) is 1. The monoisotopic (exact) mass is 376 g/mol. The van der Waals surface area contributed by atoms with Crippen LogP contribution in [0.1, 0.15) is 51.9 Å². The van der Waals surface area contributed by atoms with Crippen LogP contribution in [0.15, 0.2) is 48.6 Å². The highest BCUT2D eigenvalue weighted by Crippen LogP contribution is 2.33. The zero-order valence-corrected chi connectivity index (χ0v) is 16.0. The first kappa shape index (κ1) is 23.1. The predicted octanol–water partition coefficient (Wildman–Crippen LogP) is 3.58. The van der Waals surface area contributed by atoms with Gasteiger partial charge in [-0.3, -0.25) is 9.59 Å². The minimum Gasteiger partial charge on any atom is -0.481 e. The third-order valence-corrected chi connectivity index (χ3v) is 4.67. The highest BCUT2D eigenvalue weighted by atomic mass is 16.4. The predicted molar refractivity (Wildman–Crippen MR) is 106 cm³/mol. The zero-order valence-electron chi connectivity index (χ0n) is 16.0. The zero-order chi connectivity index (χ0) is 20.1. The summed E-state index contributed by atoms with van der Waals surface area (Å²) in [5, 5.41) is 28.3. The number of ketones is 1. The molecular formula is C22H32O5. The molecule has 0 unspecified atom stereocenters. The van der Waals surface area contributed by atoms with Crippen molar-refractivity contribution in [1.82, 2.24) is 0 Å². The molecule has 0 aromatic rings. The molecule has 1 aliphatic carbocycles. The lowest BCUT2D eigenvalue weighted by Crippen LogP contribution is -2.19. The Morgan fingerprint density at radius 1 is 1.15 bits per heavy atom. The van der Waals surface area contributed by atoms with Crippen molar-refractivity contribution in [2.24, 2.45) is 11.8 Å². The Morgan fingerprint density at radius 3 is 2.41 bits per heavy atom. The van der Waals surface area contributed by atoms with E-state index in [2.05, 4.69) is 0 Å². The Labute approximate surface area is 161 Å². The van der Waals surface area contributed by atoms with Crippen LogP contribution < -0.4 is 0 Å². The number of aliphatic hydroxyl groups is 2. The van der Waals surface area contributed by atoms with Crippen LogP contribution >= 0.6 is 0 Å². The van der Waals surface area contributed by atoms with Crippen molar-refractivity contribution in [3.8, 4) is 0 Å². The molecule has 1 rings (SSSR count). The number of hydrogen-bond donors (Lipinski definition) is 3. The van der Waals surface area contributed by atoms with Gasteiger partial charge in [0.2, 0.25) is 0 Å². The topological polar surface area (TPSA) is 94.8 Å². The lowest BCUT2D eigenvalue weighted by Gasteiger charge is -2.16. The van der Waals surface area contributed by atoms with Gasteiger partial charge in [-0.25, -0.2) is 0 Å². The maximum atomic E-state index is 12.0. The maximum Gasteiger partial charge on any atom is 0.303 e. The van der Waals surface area contributed by atoms with Crippen molar-refractivity contribution < 1.29 is 24.9 Å². The Morgan fingerprint density at radius 2 is 1.78 bits per heavy atom. The van der Waals surface area contributed by atoms with E-state index < -0.39 is 18.2 Å². The van der Waals surface area contributed by atoms with E-state index in [1.807, 2.05) is 43.4 Å². The first-order valence-corrected chi connectivity index (χ1v) is 9.69. The number of carbonyl (C=O) groups is 2. The average molecular weight is 376 g/mol. The summed E-state index contributed by atoms with van der Waals surface area (Å²) in [6.07, 6.45) is 17.8. The van der Waals surface area contributed by atoms with Crippen LogP contribution in [-0.4, -0.2) is 39.3 Å². The molecule has 1 saturated carbocycles.